The minimum Gasteiger partial charge on any atom is -0.411 e. The number of hydrogen-bond acceptors (Lipinski definition) is 5. The molecule has 1 fully saturated rings. The van der Waals surface area contributed by atoms with Crippen LogP contribution in [0.3, 0.4) is 0 Å². The van der Waals surface area contributed by atoms with E-state index < -0.39 is 32.4 Å². The maximum atomic E-state index is 12.3. The zero-order valence-electron chi connectivity index (χ0n) is 15.3. The second-order valence-corrected chi connectivity index (χ2v) is 13.3. The number of aliphatic hydroxyl groups excluding tert-OH is 1. The van der Waals surface area contributed by atoms with Gasteiger partial charge in [0.15, 0.2) is 26.0 Å². The van der Waals surface area contributed by atoms with Gasteiger partial charge < -0.3 is 19.0 Å². The number of hydrogen-bond donors (Lipinski definition) is 1. The Bertz CT molecular complexity index is 492. The number of aliphatic hydroxyl groups is 1. The van der Waals surface area contributed by atoms with Crippen molar-refractivity contribution < 1.29 is 23.8 Å². The minimum absolute atomic E-state index is 0.0324. The van der Waals surface area contributed by atoms with Crippen LogP contribution in [-0.4, -0.2) is 49.4 Å². The Hall–Kier alpha value is -0.533. The molecular formula is C17H30O5Si. The van der Waals surface area contributed by atoms with Gasteiger partial charge in [-0.1, -0.05) is 26.8 Å². The van der Waals surface area contributed by atoms with Crippen molar-refractivity contribution in [3.8, 4) is 0 Å². The highest BCUT2D eigenvalue weighted by Gasteiger charge is 2.51. The molecule has 1 aliphatic carbocycles. The Balaban J connectivity index is 2.32. The molecule has 0 unspecified atom stereocenters. The van der Waals surface area contributed by atoms with Crippen LogP contribution in [0.2, 0.25) is 18.1 Å². The van der Waals surface area contributed by atoms with Gasteiger partial charge in [-0.2, -0.15) is 0 Å². The third kappa shape index (κ3) is 4.11. The van der Waals surface area contributed by atoms with Gasteiger partial charge in [0.25, 0.3) is 0 Å². The summed E-state index contributed by atoms with van der Waals surface area (Å²) in [5.74, 6) is -1.01. The fraction of sp³-hybridized carbons (Fsp3) is 0.824. The molecule has 6 heteroatoms. The van der Waals surface area contributed by atoms with Crippen molar-refractivity contribution in [2.75, 3.05) is 0 Å². The van der Waals surface area contributed by atoms with Crippen LogP contribution in [0.1, 0.15) is 41.0 Å². The molecule has 132 valence electrons. The average molecular weight is 343 g/mol. The van der Waals surface area contributed by atoms with Crippen LogP contribution in [0.4, 0.5) is 0 Å². The van der Waals surface area contributed by atoms with E-state index in [-0.39, 0.29) is 16.9 Å². The zero-order valence-corrected chi connectivity index (χ0v) is 16.3. The van der Waals surface area contributed by atoms with E-state index in [2.05, 4.69) is 33.9 Å². The highest BCUT2D eigenvalue weighted by Crippen LogP contribution is 2.41. The monoisotopic (exact) mass is 342 g/mol. The molecule has 0 aromatic heterocycles. The summed E-state index contributed by atoms with van der Waals surface area (Å²) in [4.78, 5) is 12.3. The highest BCUT2D eigenvalue weighted by molar-refractivity contribution is 6.74. The first kappa shape index (κ1) is 18.8. The van der Waals surface area contributed by atoms with Gasteiger partial charge in [0.05, 0.1) is 12.2 Å². The summed E-state index contributed by atoms with van der Waals surface area (Å²) < 4.78 is 18.3. The molecule has 2 rings (SSSR count). The van der Waals surface area contributed by atoms with Crippen LogP contribution in [-0.2, 0) is 18.7 Å². The van der Waals surface area contributed by atoms with Crippen LogP contribution >= 0.6 is 0 Å². The quantitative estimate of drug-likeness (QED) is 0.782. The SMILES string of the molecule is CC1(C)O[C@H]2[C@@H](O[Si](C)(C)C(C)(C)C)C[C@@H](O)/C=C\C(=O)[C@H]2O1. The highest BCUT2D eigenvalue weighted by atomic mass is 28.4. The molecule has 1 aliphatic heterocycles. The fourth-order valence-corrected chi connectivity index (χ4v) is 4.04. The van der Waals surface area contributed by atoms with Gasteiger partial charge in [0.2, 0.25) is 0 Å². The van der Waals surface area contributed by atoms with Crippen LogP contribution in [0, 0.1) is 0 Å². The van der Waals surface area contributed by atoms with Crippen LogP contribution in [0.5, 0.6) is 0 Å². The molecule has 0 radical (unpaired) electrons. The normalized spacial score (nSPS) is 36.3. The first-order chi connectivity index (χ1) is 10.3. The number of ketones is 1. The molecule has 5 nitrogen and oxygen atoms in total. The van der Waals surface area contributed by atoms with E-state index in [9.17, 15) is 9.90 Å². The molecular weight excluding hydrogens is 312 g/mol. The third-order valence-corrected chi connectivity index (χ3v) is 9.49. The molecule has 2 aliphatic rings. The predicted octanol–water partition coefficient (Wildman–Crippen LogP) is 2.79. The Labute approximate surface area is 140 Å². The topological polar surface area (TPSA) is 65.0 Å². The summed E-state index contributed by atoms with van der Waals surface area (Å²) in [5.41, 5.74) is 0. The van der Waals surface area contributed by atoms with E-state index in [1.807, 2.05) is 0 Å². The van der Waals surface area contributed by atoms with E-state index in [1.165, 1.54) is 12.2 Å². The predicted molar refractivity (Wildman–Crippen MR) is 90.7 cm³/mol. The molecule has 1 N–H and O–H groups in total. The van der Waals surface area contributed by atoms with E-state index in [0.717, 1.165) is 0 Å². The lowest BCUT2D eigenvalue weighted by Gasteiger charge is -2.41. The van der Waals surface area contributed by atoms with Crippen LogP contribution in [0.25, 0.3) is 0 Å². The Morgan fingerprint density at radius 2 is 1.91 bits per heavy atom. The summed E-state index contributed by atoms with van der Waals surface area (Å²) in [6, 6.07) is 0. The average Bonchev–Trinajstić information content (AvgIpc) is 2.68. The lowest BCUT2D eigenvalue weighted by atomic mass is 9.96. The number of carbonyl (C=O) groups excluding carboxylic acids is 1. The Morgan fingerprint density at radius 3 is 2.48 bits per heavy atom. The molecule has 0 aromatic rings. The van der Waals surface area contributed by atoms with Crippen molar-refractivity contribution in [2.24, 2.45) is 0 Å². The Kier molecular flexibility index (Phi) is 4.97. The fourth-order valence-electron chi connectivity index (χ4n) is 2.70. The van der Waals surface area contributed by atoms with E-state index >= 15 is 0 Å². The van der Waals surface area contributed by atoms with Crippen LogP contribution < -0.4 is 0 Å². The standard InChI is InChI=1S/C17H30O5Si/c1-16(2,3)23(6,7)22-13-10-11(18)8-9-12(19)14-15(13)21-17(4,5)20-14/h8-9,11,13-15,18H,10H2,1-7H3/b9-8-/t11-,13-,14+,15-/m0/s1. The van der Waals surface area contributed by atoms with E-state index in [1.54, 1.807) is 13.8 Å². The van der Waals surface area contributed by atoms with Gasteiger partial charge in [0.1, 0.15) is 6.10 Å². The van der Waals surface area contributed by atoms with Gasteiger partial charge in [-0.15, -0.1) is 0 Å². The second kappa shape index (κ2) is 6.08. The Morgan fingerprint density at radius 1 is 1.30 bits per heavy atom. The molecule has 0 aromatic carbocycles. The first-order valence-corrected chi connectivity index (χ1v) is 11.2. The van der Waals surface area contributed by atoms with Crippen molar-refractivity contribution in [1.29, 1.82) is 0 Å². The van der Waals surface area contributed by atoms with Gasteiger partial charge in [-0.05, 0) is 38.1 Å². The van der Waals surface area contributed by atoms with Gasteiger partial charge in [0, 0.05) is 6.42 Å². The van der Waals surface area contributed by atoms with Crippen molar-refractivity contribution in [3.05, 3.63) is 12.2 Å². The van der Waals surface area contributed by atoms with Crippen molar-refractivity contribution >= 4 is 14.1 Å². The van der Waals surface area contributed by atoms with Crippen molar-refractivity contribution in [3.63, 3.8) is 0 Å². The lowest BCUT2D eigenvalue weighted by Crippen LogP contribution is -2.51. The zero-order chi connectivity index (χ0) is 17.6. The maximum absolute atomic E-state index is 12.3. The van der Waals surface area contributed by atoms with Crippen LogP contribution in [0.15, 0.2) is 12.2 Å². The van der Waals surface area contributed by atoms with E-state index in [0.29, 0.717) is 6.42 Å². The van der Waals surface area contributed by atoms with Crippen molar-refractivity contribution in [1.82, 2.24) is 0 Å². The molecule has 4 atom stereocenters. The molecule has 0 spiro atoms. The van der Waals surface area contributed by atoms with E-state index in [4.69, 9.17) is 13.9 Å². The summed E-state index contributed by atoms with van der Waals surface area (Å²) in [5, 5.41) is 10.2. The molecule has 0 saturated carbocycles. The van der Waals surface area contributed by atoms with Crippen molar-refractivity contribution in [2.45, 2.75) is 89.4 Å². The first-order valence-electron chi connectivity index (χ1n) is 8.26. The second-order valence-electron chi connectivity index (χ2n) is 8.50. The summed E-state index contributed by atoms with van der Waals surface area (Å²) >= 11 is 0. The summed E-state index contributed by atoms with van der Waals surface area (Å²) in [6.45, 7) is 14.4. The molecule has 1 saturated heterocycles. The molecule has 23 heavy (non-hydrogen) atoms. The third-order valence-electron chi connectivity index (χ3n) is 4.98. The lowest BCUT2D eigenvalue weighted by molar-refractivity contribution is -0.158. The molecule has 1 heterocycles. The number of rotatable bonds is 2. The van der Waals surface area contributed by atoms with Gasteiger partial charge >= 0.3 is 0 Å². The maximum Gasteiger partial charge on any atom is 0.192 e. The largest absolute Gasteiger partial charge is 0.411 e. The number of carbonyl (C=O) groups is 1. The molecule has 0 amide bonds. The smallest absolute Gasteiger partial charge is 0.192 e. The van der Waals surface area contributed by atoms with Gasteiger partial charge in [-0.25, -0.2) is 0 Å². The minimum atomic E-state index is -2.07. The summed E-state index contributed by atoms with van der Waals surface area (Å²) in [7, 11) is -2.07. The van der Waals surface area contributed by atoms with Gasteiger partial charge in [-0.3, -0.25) is 4.79 Å². The number of fused-ring (bicyclic) bond motifs is 1. The molecule has 0 bridgehead atoms. The number of ether oxygens (including phenoxy) is 2. The summed E-state index contributed by atoms with van der Waals surface area (Å²) in [6.07, 6.45) is 1.06.